The van der Waals surface area contributed by atoms with Crippen LogP contribution >= 0.6 is 11.6 Å². The van der Waals surface area contributed by atoms with Crippen LogP contribution in [0.3, 0.4) is 0 Å². The van der Waals surface area contributed by atoms with Crippen molar-refractivity contribution in [2.24, 2.45) is 5.73 Å². The maximum absolute atomic E-state index is 11.8. The first-order chi connectivity index (χ1) is 8.10. The number of nitrogens with zero attached hydrogens (tertiary/aromatic N) is 1. The Morgan fingerprint density at radius 3 is 2.76 bits per heavy atom. The van der Waals surface area contributed by atoms with Gasteiger partial charge in [0.15, 0.2) is 0 Å². The predicted octanol–water partition coefficient (Wildman–Crippen LogP) is 2.05. The first-order valence-corrected chi connectivity index (χ1v) is 5.78. The number of methoxy groups -OCH3 is 1. The van der Waals surface area contributed by atoms with Gasteiger partial charge in [-0.2, -0.15) is 0 Å². The van der Waals surface area contributed by atoms with Gasteiger partial charge >= 0.3 is 0 Å². The van der Waals surface area contributed by atoms with Gasteiger partial charge in [-0.05, 0) is 31.2 Å². The molecule has 0 saturated heterocycles. The summed E-state index contributed by atoms with van der Waals surface area (Å²) < 4.78 is 5.05. The standard InChI is InChI=1S/C12H17ClN2O2/c1-15(12(16)4-3-7-14)9-5-6-11(17-2)10(13)8-9/h5-6,8H,3-4,7,14H2,1-2H3. The van der Waals surface area contributed by atoms with Crippen LogP contribution in [0.25, 0.3) is 0 Å². The smallest absolute Gasteiger partial charge is 0.226 e. The molecule has 0 aliphatic heterocycles. The van der Waals surface area contributed by atoms with Crippen LogP contribution in [0.2, 0.25) is 5.02 Å². The van der Waals surface area contributed by atoms with Crippen LogP contribution in [0, 0.1) is 0 Å². The van der Waals surface area contributed by atoms with Crippen LogP contribution in [0.15, 0.2) is 18.2 Å². The molecule has 0 radical (unpaired) electrons. The number of rotatable bonds is 5. The summed E-state index contributed by atoms with van der Waals surface area (Å²) in [7, 11) is 3.27. The quantitative estimate of drug-likeness (QED) is 0.877. The number of amides is 1. The number of nitrogens with two attached hydrogens (primary N) is 1. The molecular formula is C12H17ClN2O2. The lowest BCUT2D eigenvalue weighted by molar-refractivity contribution is -0.118. The maximum atomic E-state index is 11.8. The van der Waals surface area contributed by atoms with E-state index in [0.717, 1.165) is 5.69 Å². The van der Waals surface area contributed by atoms with Crippen molar-refractivity contribution in [2.75, 3.05) is 25.6 Å². The summed E-state index contributed by atoms with van der Waals surface area (Å²) in [5.74, 6) is 0.620. The molecule has 2 N–H and O–H groups in total. The molecule has 0 fully saturated rings. The maximum Gasteiger partial charge on any atom is 0.226 e. The van der Waals surface area contributed by atoms with E-state index in [-0.39, 0.29) is 5.91 Å². The predicted molar refractivity (Wildman–Crippen MR) is 69.7 cm³/mol. The Hall–Kier alpha value is -1.26. The SMILES string of the molecule is COc1ccc(N(C)C(=O)CCCN)cc1Cl. The van der Waals surface area contributed by atoms with Crippen LogP contribution in [0.5, 0.6) is 5.75 Å². The number of anilines is 1. The fourth-order valence-corrected chi connectivity index (χ4v) is 1.68. The fraction of sp³-hybridized carbons (Fsp3) is 0.417. The Morgan fingerprint density at radius 2 is 2.24 bits per heavy atom. The zero-order chi connectivity index (χ0) is 12.8. The van der Waals surface area contributed by atoms with E-state index in [1.165, 1.54) is 0 Å². The number of hydrogen-bond donors (Lipinski definition) is 1. The topological polar surface area (TPSA) is 55.6 Å². The minimum atomic E-state index is 0.0247. The van der Waals surface area contributed by atoms with Gasteiger partial charge in [-0.15, -0.1) is 0 Å². The molecule has 94 valence electrons. The molecule has 1 amide bonds. The van der Waals surface area contributed by atoms with Crippen molar-refractivity contribution in [3.05, 3.63) is 23.2 Å². The average molecular weight is 257 g/mol. The molecule has 5 heteroatoms. The molecule has 1 aromatic carbocycles. The lowest BCUT2D eigenvalue weighted by Gasteiger charge is -2.18. The molecule has 0 bridgehead atoms. The van der Waals surface area contributed by atoms with Gasteiger partial charge in [-0.1, -0.05) is 11.6 Å². The fourth-order valence-electron chi connectivity index (χ4n) is 1.43. The molecule has 0 heterocycles. The summed E-state index contributed by atoms with van der Waals surface area (Å²) >= 11 is 6.00. The Labute approximate surface area is 106 Å². The number of halogens is 1. The van der Waals surface area contributed by atoms with E-state index in [4.69, 9.17) is 22.1 Å². The molecule has 4 nitrogen and oxygen atoms in total. The highest BCUT2D eigenvalue weighted by atomic mass is 35.5. The third-order valence-corrected chi connectivity index (χ3v) is 2.79. The second-order valence-corrected chi connectivity index (χ2v) is 4.07. The van der Waals surface area contributed by atoms with Crippen molar-refractivity contribution in [3.8, 4) is 5.75 Å². The van der Waals surface area contributed by atoms with Crippen molar-refractivity contribution in [1.82, 2.24) is 0 Å². The van der Waals surface area contributed by atoms with Crippen LogP contribution in [-0.4, -0.2) is 26.6 Å². The van der Waals surface area contributed by atoms with Crippen LogP contribution in [-0.2, 0) is 4.79 Å². The first kappa shape index (κ1) is 13.8. The summed E-state index contributed by atoms with van der Waals surface area (Å²) in [4.78, 5) is 13.3. The Morgan fingerprint density at radius 1 is 1.53 bits per heavy atom. The lowest BCUT2D eigenvalue weighted by Crippen LogP contribution is -2.26. The highest BCUT2D eigenvalue weighted by Gasteiger charge is 2.11. The molecule has 0 aliphatic carbocycles. The number of hydrogen-bond acceptors (Lipinski definition) is 3. The second kappa shape index (κ2) is 6.47. The first-order valence-electron chi connectivity index (χ1n) is 5.40. The third-order valence-electron chi connectivity index (χ3n) is 2.49. The minimum Gasteiger partial charge on any atom is -0.495 e. The third kappa shape index (κ3) is 3.61. The van der Waals surface area contributed by atoms with Crippen molar-refractivity contribution in [1.29, 1.82) is 0 Å². The number of carbonyl (C=O) groups excluding carboxylic acids is 1. The van der Waals surface area contributed by atoms with Gasteiger partial charge in [0.1, 0.15) is 5.75 Å². The largest absolute Gasteiger partial charge is 0.495 e. The number of benzene rings is 1. The van der Waals surface area contributed by atoms with Crippen LogP contribution in [0.4, 0.5) is 5.69 Å². The second-order valence-electron chi connectivity index (χ2n) is 3.66. The minimum absolute atomic E-state index is 0.0247. The summed E-state index contributed by atoms with van der Waals surface area (Å²) in [5, 5.41) is 0.489. The molecule has 0 unspecified atom stereocenters. The molecule has 0 aliphatic rings. The van der Waals surface area contributed by atoms with Gasteiger partial charge < -0.3 is 15.4 Å². The molecule has 1 rings (SSSR count). The molecule has 17 heavy (non-hydrogen) atoms. The van der Waals surface area contributed by atoms with Crippen molar-refractivity contribution < 1.29 is 9.53 Å². The normalized spacial score (nSPS) is 10.1. The lowest BCUT2D eigenvalue weighted by atomic mass is 10.2. The highest BCUT2D eigenvalue weighted by Crippen LogP contribution is 2.28. The van der Waals surface area contributed by atoms with Gasteiger partial charge in [0.25, 0.3) is 0 Å². The van der Waals surface area contributed by atoms with Crippen molar-refractivity contribution >= 4 is 23.2 Å². The van der Waals surface area contributed by atoms with Gasteiger partial charge in [0.2, 0.25) is 5.91 Å². The van der Waals surface area contributed by atoms with Crippen molar-refractivity contribution in [3.63, 3.8) is 0 Å². The van der Waals surface area contributed by atoms with Crippen LogP contribution in [0.1, 0.15) is 12.8 Å². The molecule has 0 aromatic heterocycles. The van der Waals surface area contributed by atoms with E-state index in [9.17, 15) is 4.79 Å². The van der Waals surface area contributed by atoms with Crippen molar-refractivity contribution in [2.45, 2.75) is 12.8 Å². The van der Waals surface area contributed by atoms with Gasteiger partial charge in [0, 0.05) is 19.2 Å². The van der Waals surface area contributed by atoms with E-state index >= 15 is 0 Å². The van der Waals surface area contributed by atoms with Crippen LogP contribution < -0.4 is 15.4 Å². The Kier molecular flexibility index (Phi) is 5.25. The zero-order valence-corrected chi connectivity index (χ0v) is 10.8. The van der Waals surface area contributed by atoms with Gasteiger partial charge in [-0.3, -0.25) is 4.79 Å². The van der Waals surface area contributed by atoms with E-state index in [2.05, 4.69) is 0 Å². The van der Waals surface area contributed by atoms with E-state index in [0.29, 0.717) is 30.2 Å². The molecule has 0 atom stereocenters. The van der Waals surface area contributed by atoms with E-state index < -0.39 is 0 Å². The van der Waals surface area contributed by atoms with E-state index in [1.807, 2.05) is 0 Å². The molecular weight excluding hydrogens is 240 g/mol. The summed E-state index contributed by atoms with van der Waals surface area (Å²) in [6.07, 6.45) is 1.13. The number of ether oxygens (including phenoxy) is 1. The summed E-state index contributed by atoms with van der Waals surface area (Å²) in [6.45, 7) is 0.517. The monoisotopic (exact) mass is 256 g/mol. The zero-order valence-electron chi connectivity index (χ0n) is 10.1. The highest BCUT2D eigenvalue weighted by molar-refractivity contribution is 6.32. The number of carbonyl (C=O) groups is 1. The van der Waals surface area contributed by atoms with E-state index in [1.54, 1.807) is 37.3 Å². The Balaban J connectivity index is 2.78. The summed E-state index contributed by atoms with van der Waals surface area (Å²) in [6, 6.07) is 5.25. The molecule has 0 spiro atoms. The molecule has 1 aromatic rings. The molecule has 0 saturated carbocycles. The van der Waals surface area contributed by atoms with Gasteiger partial charge in [-0.25, -0.2) is 0 Å². The Bertz CT molecular complexity index is 396. The summed E-state index contributed by atoms with van der Waals surface area (Å²) in [5.41, 5.74) is 6.12. The average Bonchev–Trinajstić information content (AvgIpc) is 2.34. The van der Waals surface area contributed by atoms with Gasteiger partial charge in [0.05, 0.1) is 12.1 Å².